The molecular weight excluding hydrogens is 218 g/mol. The van der Waals surface area contributed by atoms with E-state index in [2.05, 4.69) is 32.5 Å². The lowest BCUT2D eigenvalue weighted by molar-refractivity contribution is 0.630. The Labute approximate surface area is 99.3 Å². The van der Waals surface area contributed by atoms with Crippen LogP contribution in [-0.4, -0.2) is 27.4 Å². The fourth-order valence-electron chi connectivity index (χ4n) is 2.08. The number of thioether (sulfide) groups is 1. The predicted octanol–water partition coefficient (Wildman–Crippen LogP) is 2.50. The molecule has 1 unspecified atom stereocenters. The molecule has 2 aromatic rings. The van der Waals surface area contributed by atoms with E-state index in [1.165, 1.54) is 17.9 Å². The number of nitrogens with zero attached hydrogens (tertiary/aromatic N) is 2. The van der Waals surface area contributed by atoms with Crippen LogP contribution in [0, 0.1) is 5.92 Å². The van der Waals surface area contributed by atoms with Crippen molar-refractivity contribution in [3.63, 3.8) is 0 Å². The first kappa shape index (κ1) is 10.0. The number of imidazole rings is 1. The first-order valence-corrected chi connectivity index (χ1v) is 6.82. The summed E-state index contributed by atoms with van der Waals surface area (Å²) in [4.78, 5) is 4.28. The Morgan fingerprint density at radius 3 is 3.38 bits per heavy atom. The number of fused-ring (bicyclic) bond motifs is 1. The molecule has 0 amide bonds. The Balaban J connectivity index is 1.75. The summed E-state index contributed by atoms with van der Waals surface area (Å²) >= 11 is 2.06. The fourth-order valence-corrected chi connectivity index (χ4v) is 3.37. The number of rotatable bonds is 3. The molecular formula is C12H15N3S. The van der Waals surface area contributed by atoms with E-state index in [4.69, 9.17) is 0 Å². The van der Waals surface area contributed by atoms with Gasteiger partial charge >= 0.3 is 0 Å². The van der Waals surface area contributed by atoms with Crippen molar-refractivity contribution in [3.8, 4) is 0 Å². The van der Waals surface area contributed by atoms with Crippen molar-refractivity contribution in [2.24, 2.45) is 5.92 Å². The van der Waals surface area contributed by atoms with E-state index < -0.39 is 0 Å². The van der Waals surface area contributed by atoms with E-state index in [-0.39, 0.29) is 0 Å². The van der Waals surface area contributed by atoms with Crippen molar-refractivity contribution in [2.75, 3.05) is 23.4 Å². The third kappa shape index (κ3) is 1.89. The van der Waals surface area contributed by atoms with E-state index in [0.29, 0.717) is 0 Å². The molecule has 1 atom stereocenters. The SMILES string of the molecule is c1cc(NCC2CCSC2)n2ccnc2c1. The molecule has 0 saturated carbocycles. The topological polar surface area (TPSA) is 29.3 Å². The highest BCUT2D eigenvalue weighted by molar-refractivity contribution is 7.99. The summed E-state index contributed by atoms with van der Waals surface area (Å²) in [7, 11) is 0. The molecule has 0 radical (unpaired) electrons. The Kier molecular flexibility index (Phi) is 2.74. The summed E-state index contributed by atoms with van der Waals surface area (Å²) in [5.41, 5.74) is 1.01. The summed E-state index contributed by atoms with van der Waals surface area (Å²) in [5, 5.41) is 3.53. The van der Waals surface area contributed by atoms with Crippen molar-refractivity contribution in [2.45, 2.75) is 6.42 Å². The second-order valence-electron chi connectivity index (χ2n) is 4.18. The Hall–Kier alpha value is -1.16. The third-order valence-corrected chi connectivity index (χ3v) is 4.26. The lowest BCUT2D eigenvalue weighted by Crippen LogP contribution is -2.15. The van der Waals surface area contributed by atoms with Gasteiger partial charge in [-0.2, -0.15) is 11.8 Å². The Morgan fingerprint density at radius 2 is 2.50 bits per heavy atom. The van der Waals surface area contributed by atoms with Crippen LogP contribution in [0.15, 0.2) is 30.6 Å². The highest BCUT2D eigenvalue weighted by Gasteiger charge is 2.15. The van der Waals surface area contributed by atoms with Crippen molar-refractivity contribution in [1.82, 2.24) is 9.38 Å². The molecule has 0 spiro atoms. The second-order valence-corrected chi connectivity index (χ2v) is 5.33. The molecule has 2 aromatic heterocycles. The van der Waals surface area contributed by atoms with Gasteiger partial charge in [-0.05, 0) is 36.0 Å². The molecule has 0 bridgehead atoms. The molecule has 16 heavy (non-hydrogen) atoms. The van der Waals surface area contributed by atoms with Gasteiger partial charge in [0.05, 0.1) is 0 Å². The normalized spacial score (nSPS) is 20.4. The van der Waals surface area contributed by atoms with Crippen molar-refractivity contribution in [3.05, 3.63) is 30.6 Å². The smallest absolute Gasteiger partial charge is 0.138 e. The van der Waals surface area contributed by atoms with E-state index in [1.807, 2.05) is 24.5 Å². The minimum absolute atomic E-state index is 0.823. The van der Waals surface area contributed by atoms with Crippen LogP contribution in [0.4, 0.5) is 5.82 Å². The summed E-state index contributed by atoms with van der Waals surface area (Å²) in [5.74, 6) is 4.59. The van der Waals surface area contributed by atoms with Crippen molar-refractivity contribution in [1.29, 1.82) is 0 Å². The molecule has 1 aliphatic rings. The average Bonchev–Trinajstić information content (AvgIpc) is 2.97. The number of aromatic nitrogens is 2. The van der Waals surface area contributed by atoms with E-state index >= 15 is 0 Å². The number of anilines is 1. The van der Waals surface area contributed by atoms with E-state index in [0.717, 1.165) is 23.9 Å². The number of pyridine rings is 1. The lowest BCUT2D eigenvalue weighted by atomic mass is 10.1. The van der Waals surface area contributed by atoms with Gasteiger partial charge in [-0.3, -0.25) is 4.40 Å². The largest absolute Gasteiger partial charge is 0.371 e. The second kappa shape index (κ2) is 4.37. The monoisotopic (exact) mass is 233 g/mol. The van der Waals surface area contributed by atoms with Crippen LogP contribution in [-0.2, 0) is 0 Å². The molecule has 3 heterocycles. The number of hydrogen-bond donors (Lipinski definition) is 1. The van der Waals surface area contributed by atoms with Crippen LogP contribution >= 0.6 is 11.8 Å². The van der Waals surface area contributed by atoms with Crippen LogP contribution in [0.1, 0.15) is 6.42 Å². The minimum Gasteiger partial charge on any atom is -0.371 e. The van der Waals surface area contributed by atoms with Gasteiger partial charge in [0, 0.05) is 18.9 Å². The average molecular weight is 233 g/mol. The third-order valence-electron chi connectivity index (χ3n) is 3.02. The molecule has 1 N–H and O–H groups in total. The van der Waals surface area contributed by atoms with Gasteiger partial charge in [0.15, 0.2) is 0 Å². The maximum atomic E-state index is 4.28. The molecule has 0 aliphatic carbocycles. The molecule has 1 aliphatic heterocycles. The summed E-state index contributed by atoms with van der Waals surface area (Å²) in [6.07, 6.45) is 5.19. The Morgan fingerprint density at radius 1 is 1.50 bits per heavy atom. The van der Waals surface area contributed by atoms with Crippen LogP contribution in [0.25, 0.3) is 5.65 Å². The standard InChI is InChI=1S/C12H15N3S/c1-2-11-13-5-6-15(11)12(3-1)14-8-10-4-7-16-9-10/h1-3,5-6,10,14H,4,7-9H2. The predicted molar refractivity (Wildman–Crippen MR) is 69.1 cm³/mol. The van der Waals surface area contributed by atoms with Gasteiger partial charge in [0.25, 0.3) is 0 Å². The van der Waals surface area contributed by atoms with E-state index in [1.54, 1.807) is 0 Å². The van der Waals surface area contributed by atoms with Crippen LogP contribution < -0.4 is 5.32 Å². The van der Waals surface area contributed by atoms with Gasteiger partial charge in [-0.1, -0.05) is 6.07 Å². The van der Waals surface area contributed by atoms with Gasteiger partial charge in [0.1, 0.15) is 11.5 Å². The van der Waals surface area contributed by atoms with Gasteiger partial charge in [0.2, 0.25) is 0 Å². The van der Waals surface area contributed by atoms with Crippen LogP contribution in [0.3, 0.4) is 0 Å². The fraction of sp³-hybridized carbons (Fsp3) is 0.417. The van der Waals surface area contributed by atoms with E-state index in [9.17, 15) is 0 Å². The lowest BCUT2D eigenvalue weighted by Gasteiger charge is -2.12. The summed E-state index contributed by atoms with van der Waals surface area (Å²) in [6, 6.07) is 6.18. The first-order valence-electron chi connectivity index (χ1n) is 5.67. The number of hydrogen-bond acceptors (Lipinski definition) is 3. The molecule has 84 valence electrons. The number of nitrogens with one attached hydrogen (secondary N) is 1. The zero-order valence-electron chi connectivity index (χ0n) is 9.10. The maximum absolute atomic E-state index is 4.28. The van der Waals surface area contributed by atoms with Crippen molar-refractivity contribution >= 4 is 23.2 Å². The van der Waals surface area contributed by atoms with Gasteiger partial charge in [-0.15, -0.1) is 0 Å². The zero-order valence-corrected chi connectivity index (χ0v) is 9.91. The highest BCUT2D eigenvalue weighted by Crippen LogP contribution is 2.23. The molecule has 3 rings (SSSR count). The van der Waals surface area contributed by atoms with Crippen LogP contribution in [0.2, 0.25) is 0 Å². The zero-order chi connectivity index (χ0) is 10.8. The van der Waals surface area contributed by atoms with Gasteiger partial charge < -0.3 is 5.32 Å². The molecule has 0 aromatic carbocycles. The molecule has 1 fully saturated rings. The summed E-state index contributed by atoms with van der Waals surface area (Å²) < 4.78 is 2.10. The molecule has 4 heteroatoms. The first-order chi connectivity index (χ1) is 7.93. The van der Waals surface area contributed by atoms with Gasteiger partial charge in [-0.25, -0.2) is 4.98 Å². The minimum atomic E-state index is 0.823. The Bertz CT molecular complexity index is 474. The quantitative estimate of drug-likeness (QED) is 0.883. The summed E-state index contributed by atoms with van der Waals surface area (Å²) in [6.45, 7) is 1.07. The molecule has 1 saturated heterocycles. The maximum Gasteiger partial charge on any atom is 0.138 e. The van der Waals surface area contributed by atoms with Crippen LogP contribution in [0.5, 0.6) is 0 Å². The van der Waals surface area contributed by atoms with Crippen molar-refractivity contribution < 1.29 is 0 Å². The highest BCUT2D eigenvalue weighted by atomic mass is 32.2. The molecule has 3 nitrogen and oxygen atoms in total.